The summed E-state index contributed by atoms with van der Waals surface area (Å²) in [5.74, 6) is -1.13. The Morgan fingerprint density at radius 3 is 2.46 bits per heavy atom. The van der Waals surface area contributed by atoms with E-state index in [0.29, 0.717) is 6.42 Å². The van der Waals surface area contributed by atoms with Crippen molar-refractivity contribution in [1.82, 2.24) is 5.32 Å². The Bertz CT molecular complexity index is 875. The fourth-order valence-corrected chi connectivity index (χ4v) is 3.84. The van der Waals surface area contributed by atoms with E-state index in [2.05, 4.69) is 5.32 Å². The number of hydrogen-bond acceptors (Lipinski definition) is 3. The van der Waals surface area contributed by atoms with Gasteiger partial charge in [0.25, 0.3) is 10.0 Å². The number of sulfonamides is 1. The highest BCUT2D eigenvalue weighted by molar-refractivity contribution is 7.92. The maximum Gasteiger partial charge on any atom is 0.264 e. The molecule has 0 saturated heterocycles. The van der Waals surface area contributed by atoms with E-state index in [0.717, 1.165) is 10.4 Å². The van der Waals surface area contributed by atoms with Gasteiger partial charge in [0.1, 0.15) is 12.4 Å². The highest BCUT2D eigenvalue weighted by Crippen LogP contribution is 2.27. The molecule has 140 valence electrons. The molecule has 1 unspecified atom stereocenters. The molecule has 1 amide bonds. The molecule has 0 aliphatic rings. The van der Waals surface area contributed by atoms with Crippen LogP contribution in [0.15, 0.2) is 53.4 Å². The maximum absolute atomic E-state index is 13.5. The molecular weight excluding hydrogens is 379 g/mol. The summed E-state index contributed by atoms with van der Waals surface area (Å²) in [6, 6.07) is 11.2. The van der Waals surface area contributed by atoms with Gasteiger partial charge in [0.05, 0.1) is 15.6 Å². The first kappa shape index (κ1) is 20.2. The van der Waals surface area contributed by atoms with Gasteiger partial charge in [-0.2, -0.15) is 0 Å². The molecule has 2 aromatic rings. The lowest BCUT2D eigenvalue weighted by molar-refractivity contribution is -0.120. The van der Waals surface area contributed by atoms with Crippen LogP contribution in [-0.4, -0.2) is 26.9 Å². The topological polar surface area (TPSA) is 66.5 Å². The Morgan fingerprint density at radius 2 is 1.88 bits per heavy atom. The average molecular weight is 399 g/mol. The fraction of sp³-hybridized carbons (Fsp3) is 0.278. The van der Waals surface area contributed by atoms with Crippen LogP contribution in [-0.2, 0) is 14.8 Å². The first-order chi connectivity index (χ1) is 12.3. The van der Waals surface area contributed by atoms with Gasteiger partial charge in [-0.3, -0.25) is 9.10 Å². The van der Waals surface area contributed by atoms with E-state index in [4.69, 9.17) is 11.6 Å². The lowest BCUT2D eigenvalue weighted by Crippen LogP contribution is -2.43. The van der Waals surface area contributed by atoms with E-state index in [1.807, 2.05) is 13.8 Å². The molecule has 2 aromatic carbocycles. The van der Waals surface area contributed by atoms with Gasteiger partial charge in [0.15, 0.2) is 0 Å². The van der Waals surface area contributed by atoms with Crippen molar-refractivity contribution in [3.05, 3.63) is 59.4 Å². The van der Waals surface area contributed by atoms with Crippen LogP contribution >= 0.6 is 11.6 Å². The Morgan fingerprint density at radius 1 is 1.23 bits per heavy atom. The van der Waals surface area contributed by atoms with E-state index < -0.39 is 28.3 Å². The molecule has 0 saturated carbocycles. The van der Waals surface area contributed by atoms with Gasteiger partial charge in [-0.25, -0.2) is 12.8 Å². The van der Waals surface area contributed by atoms with Crippen LogP contribution in [0.2, 0.25) is 5.02 Å². The fourth-order valence-electron chi connectivity index (χ4n) is 2.23. The molecule has 0 radical (unpaired) electrons. The number of halogens is 2. The van der Waals surface area contributed by atoms with Crippen LogP contribution in [0, 0.1) is 5.82 Å². The number of hydrogen-bond donors (Lipinski definition) is 1. The zero-order valence-electron chi connectivity index (χ0n) is 14.4. The SMILES string of the molecule is CCC(C)NC(=O)CN(c1ccc(F)c(Cl)c1)S(=O)(=O)c1ccccc1. The lowest BCUT2D eigenvalue weighted by Gasteiger charge is -2.25. The summed E-state index contributed by atoms with van der Waals surface area (Å²) >= 11 is 5.80. The van der Waals surface area contributed by atoms with Crippen LogP contribution < -0.4 is 9.62 Å². The van der Waals surface area contributed by atoms with Crippen molar-refractivity contribution in [2.75, 3.05) is 10.8 Å². The Hall–Kier alpha value is -2.12. The smallest absolute Gasteiger partial charge is 0.264 e. The standard InChI is InChI=1S/C18H20ClFN2O3S/c1-3-13(2)21-18(23)12-22(14-9-10-17(20)16(19)11-14)26(24,25)15-7-5-4-6-8-15/h4-11,13H,3,12H2,1-2H3,(H,21,23). The molecule has 2 rings (SSSR count). The summed E-state index contributed by atoms with van der Waals surface area (Å²) in [5.41, 5.74) is 0.111. The number of carbonyl (C=O) groups excluding carboxylic acids is 1. The van der Waals surface area contributed by atoms with Crippen LogP contribution in [0.5, 0.6) is 0 Å². The molecular formula is C18H20ClFN2O3S. The maximum atomic E-state index is 13.5. The van der Waals surface area contributed by atoms with Crippen molar-refractivity contribution >= 4 is 33.2 Å². The van der Waals surface area contributed by atoms with Crippen LogP contribution in [0.1, 0.15) is 20.3 Å². The van der Waals surface area contributed by atoms with Gasteiger partial charge < -0.3 is 5.32 Å². The molecule has 1 N–H and O–H groups in total. The van der Waals surface area contributed by atoms with E-state index in [1.54, 1.807) is 18.2 Å². The first-order valence-corrected chi connectivity index (χ1v) is 9.89. The minimum absolute atomic E-state index is 0.0248. The number of benzene rings is 2. The number of carbonyl (C=O) groups is 1. The molecule has 0 spiro atoms. The summed E-state index contributed by atoms with van der Waals surface area (Å²) in [7, 11) is -4.03. The Labute approximate surface area is 157 Å². The van der Waals surface area contributed by atoms with Gasteiger partial charge in [-0.15, -0.1) is 0 Å². The predicted octanol–water partition coefficient (Wildman–Crippen LogP) is 3.59. The number of amides is 1. The highest BCUT2D eigenvalue weighted by Gasteiger charge is 2.27. The number of nitrogens with one attached hydrogen (secondary N) is 1. The van der Waals surface area contributed by atoms with Crippen molar-refractivity contribution < 1.29 is 17.6 Å². The first-order valence-electron chi connectivity index (χ1n) is 8.08. The molecule has 0 aliphatic carbocycles. The van der Waals surface area contributed by atoms with E-state index in [9.17, 15) is 17.6 Å². The molecule has 5 nitrogen and oxygen atoms in total. The minimum atomic E-state index is -4.03. The zero-order chi connectivity index (χ0) is 19.3. The Balaban J connectivity index is 2.44. The molecule has 0 aliphatic heterocycles. The number of rotatable bonds is 7. The monoisotopic (exact) mass is 398 g/mol. The summed E-state index contributed by atoms with van der Waals surface area (Å²) < 4.78 is 40.5. The second-order valence-electron chi connectivity index (χ2n) is 5.80. The third kappa shape index (κ3) is 4.74. The summed E-state index contributed by atoms with van der Waals surface area (Å²) in [6.07, 6.45) is 0.708. The number of nitrogens with zero attached hydrogens (tertiary/aromatic N) is 1. The van der Waals surface area contributed by atoms with Gasteiger partial charge in [-0.1, -0.05) is 36.7 Å². The molecule has 1 atom stereocenters. The van der Waals surface area contributed by atoms with Crippen molar-refractivity contribution in [1.29, 1.82) is 0 Å². The van der Waals surface area contributed by atoms with Gasteiger partial charge in [-0.05, 0) is 43.7 Å². The van der Waals surface area contributed by atoms with E-state index in [1.165, 1.54) is 24.3 Å². The second kappa shape index (κ2) is 8.51. The molecule has 0 fully saturated rings. The van der Waals surface area contributed by atoms with Crippen molar-refractivity contribution in [3.8, 4) is 0 Å². The molecule has 0 heterocycles. The molecule has 8 heteroatoms. The van der Waals surface area contributed by atoms with Gasteiger partial charge in [0, 0.05) is 6.04 Å². The lowest BCUT2D eigenvalue weighted by atomic mass is 10.2. The number of anilines is 1. The third-order valence-electron chi connectivity index (χ3n) is 3.83. The van der Waals surface area contributed by atoms with Crippen LogP contribution in [0.4, 0.5) is 10.1 Å². The molecule has 0 bridgehead atoms. The summed E-state index contributed by atoms with van der Waals surface area (Å²) in [5, 5.41) is 2.50. The van der Waals surface area contributed by atoms with Gasteiger partial charge in [0.2, 0.25) is 5.91 Å². The van der Waals surface area contributed by atoms with Crippen LogP contribution in [0.3, 0.4) is 0 Å². The second-order valence-corrected chi connectivity index (χ2v) is 8.07. The van der Waals surface area contributed by atoms with E-state index in [-0.39, 0.29) is 21.6 Å². The highest BCUT2D eigenvalue weighted by atomic mass is 35.5. The summed E-state index contributed by atoms with van der Waals surface area (Å²) in [6.45, 7) is 3.29. The average Bonchev–Trinajstić information content (AvgIpc) is 2.62. The Kier molecular flexibility index (Phi) is 6.61. The third-order valence-corrected chi connectivity index (χ3v) is 5.91. The zero-order valence-corrected chi connectivity index (χ0v) is 16.0. The minimum Gasteiger partial charge on any atom is -0.352 e. The van der Waals surface area contributed by atoms with Crippen LogP contribution in [0.25, 0.3) is 0 Å². The molecule has 26 heavy (non-hydrogen) atoms. The van der Waals surface area contributed by atoms with Crippen molar-refractivity contribution in [2.45, 2.75) is 31.2 Å². The quantitative estimate of drug-likeness (QED) is 0.775. The normalized spacial score (nSPS) is 12.5. The van der Waals surface area contributed by atoms with Crippen molar-refractivity contribution in [3.63, 3.8) is 0 Å². The predicted molar refractivity (Wildman–Crippen MR) is 100 cm³/mol. The van der Waals surface area contributed by atoms with Gasteiger partial charge >= 0.3 is 0 Å². The van der Waals surface area contributed by atoms with Crippen molar-refractivity contribution in [2.24, 2.45) is 0 Å². The largest absolute Gasteiger partial charge is 0.352 e. The molecule has 0 aromatic heterocycles. The summed E-state index contributed by atoms with van der Waals surface area (Å²) in [4.78, 5) is 12.3. The van der Waals surface area contributed by atoms with E-state index >= 15 is 0 Å².